The molecule has 5 nitrogen and oxygen atoms in total. The van der Waals surface area contributed by atoms with Gasteiger partial charge in [-0.1, -0.05) is 44.5 Å². The fourth-order valence-electron chi connectivity index (χ4n) is 4.09. The van der Waals surface area contributed by atoms with E-state index in [0.29, 0.717) is 0 Å². The molecule has 6 rings (SSSR count). The molecule has 4 saturated heterocycles. The molecule has 5 aliphatic rings. The Morgan fingerprint density at radius 1 is 0.375 bits per heavy atom. The summed E-state index contributed by atoms with van der Waals surface area (Å²) in [6, 6.07) is 8.53. The van der Waals surface area contributed by atoms with Gasteiger partial charge < -0.3 is 26.6 Å². The van der Waals surface area contributed by atoms with Gasteiger partial charge in [0.05, 0.1) is 0 Å². The van der Waals surface area contributed by atoms with Gasteiger partial charge in [0.2, 0.25) is 0 Å². The topological polar surface area (TPSA) is 60.1 Å². The number of nitrogens with one attached hydrogen (secondary N) is 5. The van der Waals surface area contributed by atoms with E-state index < -0.39 is 0 Å². The first kappa shape index (κ1) is 29.1. The van der Waals surface area contributed by atoms with Crippen LogP contribution in [0.15, 0.2) is 24.3 Å². The van der Waals surface area contributed by atoms with E-state index in [1.807, 2.05) is 0 Å². The highest BCUT2D eigenvalue weighted by molar-refractivity contribution is 5.29. The normalized spacial score (nSPS) is 20.9. The number of piperidine rings is 2. The van der Waals surface area contributed by atoms with E-state index in [-0.39, 0.29) is 7.43 Å². The number of rotatable bonds is 0. The lowest BCUT2D eigenvalue weighted by Crippen LogP contribution is -2.21. The average Bonchev–Trinajstić information content (AvgIpc) is 3.67. The lowest BCUT2D eigenvalue weighted by atomic mass is 10.1. The molecule has 32 heavy (non-hydrogen) atoms. The maximum absolute atomic E-state index is 3.29. The smallest absolute Gasteiger partial charge is 0.0211 e. The molecule has 0 amide bonds. The molecule has 0 spiro atoms. The van der Waals surface area contributed by atoms with E-state index in [9.17, 15) is 0 Å². The van der Waals surface area contributed by atoms with E-state index in [4.69, 9.17) is 0 Å². The van der Waals surface area contributed by atoms with Crippen molar-refractivity contribution in [2.24, 2.45) is 0 Å². The van der Waals surface area contributed by atoms with Crippen molar-refractivity contribution in [3.8, 4) is 0 Å². The van der Waals surface area contributed by atoms with Gasteiger partial charge in [0.15, 0.2) is 0 Å². The standard InChI is InChI=1S/C8H9N.2C5H11N.2C4H9N.CH4/c1-2-4-8-6-9-5-7(8)3-1;2*1-2-4-6-5-3-1;2*1-2-4-5-3-1;/h1-4,9H,5-6H2;2*6H,1-5H2;2*5H,1-4H2;1H4. The second-order valence-electron chi connectivity index (χ2n) is 8.91. The van der Waals surface area contributed by atoms with Crippen molar-refractivity contribution in [1.82, 2.24) is 26.6 Å². The van der Waals surface area contributed by atoms with Crippen LogP contribution in [0.5, 0.6) is 0 Å². The minimum Gasteiger partial charge on any atom is -0.317 e. The van der Waals surface area contributed by atoms with Crippen LogP contribution in [-0.2, 0) is 13.1 Å². The van der Waals surface area contributed by atoms with Crippen molar-refractivity contribution >= 4 is 0 Å². The van der Waals surface area contributed by atoms with Crippen molar-refractivity contribution in [3.63, 3.8) is 0 Å². The third-order valence-electron chi connectivity index (χ3n) is 6.08. The number of fused-ring (bicyclic) bond motifs is 1. The highest BCUT2D eigenvalue weighted by Crippen LogP contribution is 2.13. The van der Waals surface area contributed by atoms with Gasteiger partial charge in [-0.05, 0) is 115 Å². The Bertz CT molecular complexity index is 423. The van der Waals surface area contributed by atoms with Crippen molar-refractivity contribution in [1.29, 1.82) is 0 Å². The Kier molecular flexibility index (Phi) is 19.8. The molecule has 5 heterocycles. The molecular weight excluding hydrogens is 394 g/mol. The van der Waals surface area contributed by atoms with Crippen LogP contribution in [0.3, 0.4) is 0 Å². The van der Waals surface area contributed by atoms with Gasteiger partial charge >= 0.3 is 0 Å². The summed E-state index contributed by atoms with van der Waals surface area (Å²) in [5, 5.41) is 16.3. The molecule has 186 valence electrons. The molecule has 1 aromatic rings. The summed E-state index contributed by atoms with van der Waals surface area (Å²) in [4.78, 5) is 0. The maximum atomic E-state index is 3.29. The summed E-state index contributed by atoms with van der Waals surface area (Å²) >= 11 is 0. The Hall–Kier alpha value is -0.980. The van der Waals surface area contributed by atoms with Crippen LogP contribution in [0, 0.1) is 0 Å². The molecule has 4 fully saturated rings. The van der Waals surface area contributed by atoms with Crippen molar-refractivity contribution in [3.05, 3.63) is 35.4 Å². The third-order valence-corrected chi connectivity index (χ3v) is 6.08. The highest BCUT2D eigenvalue weighted by atomic mass is 14.9. The Labute approximate surface area is 199 Å². The molecule has 0 aromatic heterocycles. The lowest BCUT2D eigenvalue weighted by Gasteiger charge is -2.08. The molecule has 1 aromatic carbocycles. The summed E-state index contributed by atoms with van der Waals surface area (Å²) in [5.41, 5.74) is 2.91. The highest BCUT2D eigenvalue weighted by Gasteiger charge is 2.06. The van der Waals surface area contributed by atoms with E-state index in [2.05, 4.69) is 50.8 Å². The van der Waals surface area contributed by atoms with Crippen molar-refractivity contribution in [2.45, 2.75) is 84.7 Å². The number of hydrogen-bond donors (Lipinski definition) is 5. The molecule has 0 unspecified atom stereocenters. The van der Waals surface area contributed by atoms with Gasteiger partial charge in [-0.15, -0.1) is 0 Å². The summed E-state index contributed by atoms with van der Waals surface area (Å²) < 4.78 is 0. The predicted molar refractivity (Wildman–Crippen MR) is 141 cm³/mol. The van der Waals surface area contributed by atoms with Gasteiger partial charge in [0.25, 0.3) is 0 Å². The monoisotopic (exact) mass is 447 g/mol. The molecule has 5 aliphatic heterocycles. The van der Waals surface area contributed by atoms with Crippen molar-refractivity contribution in [2.75, 3.05) is 52.4 Å². The largest absolute Gasteiger partial charge is 0.317 e. The predicted octanol–water partition coefficient (Wildman–Crippen LogP) is 4.19. The van der Waals surface area contributed by atoms with E-state index in [0.717, 1.165) is 13.1 Å². The maximum Gasteiger partial charge on any atom is 0.0211 e. The van der Waals surface area contributed by atoms with Crippen LogP contribution in [0.25, 0.3) is 0 Å². The Morgan fingerprint density at radius 3 is 0.875 bits per heavy atom. The fourth-order valence-corrected chi connectivity index (χ4v) is 4.09. The summed E-state index contributed by atoms with van der Waals surface area (Å²) in [7, 11) is 0. The van der Waals surface area contributed by atoms with Crippen LogP contribution in [0.4, 0.5) is 0 Å². The van der Waals surface area contributed by atoms with Gasteiger partial charge in [-0.3, -0.25) is 0 Å². The van der Waals surface area contributed by atoms with Crippen LogP contribution in [-0.4, -0.2) is 52.4 Å². The van der Waals surface area contributed by atoms with Gasteiger partial charge in [0, 0.05) is 13.1 Å². The van der Waals surface area contributed by atoms with Crippen LogP contribution in [0.2, 0.25) is 0 Å². The first-order valence-electron chi connectivity index (χ1n) is 13.1. The zero-order chi connectivity index (χ0) is 21.7. The number of benzene rings is 1. The zero-order valence-electron chi connectivity index (χ0n) is 20.0. The van der Waals surface area contributed by atoms with Gasteiger partial charge in [-0.2, -0.15) is 0 Å². The summed E-state index contributed by atoms with van der Waals surface area (Å²) in [6.45, 7) is 12.1. The second kappa shape index (κ2) is 21.8. The second-order valence-corrected chi connectivity index (χ2v) is 8.91. The molecule has 0 radical (unpaired) electrons. The summed E-state index contributed by atoms with van der Waals surface area (Å²) in [6.07, 6.45) is 14.0. The SMILES string of the molecule is C.C1CCNC1.C1CCNC1.C1CCNCC1.C1CCNCC1.c1ccc2c(c1)CNC2. The van der Waals surface area contributed by atoms with Crippen LogP contribution in [0.1, 0.15) is 82.8 Å². The lowest BCUT2D eigenvalue weighted by molar-refractivity contribution is 0.520. The molecule has 0 saturated carbocycles. The molecule has 0 atom stereocenters. The molecule has 0 aliphatic carbocycles. The van der Waals surface area contributed by atoms with E-state index in [1.165, 1.54) is 128 Å². The molecule has 5 heteroatoms. The molecular formula is C27H53N5. The first-order valence-corrected chi connectivity index (χ1v) is 13.1. The van der Waals surface area contributed by atoms with E-state index in [1.54, 1.807) is 0 Å². The zero-order valence-corrected chi connectivity index (χ0v) is 20.0. The minimum absolute atomic E-state index is 0. The minimum atomic E-state index is 0. The fraction of sp³-hybridized carbons (Fsp3) is 0.778. The van der Waals surface area contributed by atoms with Crippen LogP contribution >= 0.6 is 0 Å². The molecule has 0 bridgehead atoms. The van der Waals surface area contributed by atoms with Gasteiger partial charge in [0.1, 0.15) is 0 Å². The molecule has 5 N–H and O–H groups in total. The van der Waals surface area contributed by atoms with E-state index >= 15 is 0 Å². The number of hydrogen-bond acceptors (Lipinski definition) is 5. The third kappa shape index (κ3) is 15.8. The first-order chi connectivity index (χ1) is 15.5. The van der Waals surface area contributed by atoms with Gasteiger partial charge in [-0.25, -0.2) is 0 Å². The average molecular weight is 448 g/mol. The van der Waals surface area contributed by atoms with Crippen LogP contribution < -0.4 is 26.6 Å². The summed E-state index contributed by atoms with van der Waals surface area (Å²) in [5.74, 6) is 0. The van der Waals surface area contributed by atoms with Crippen molar-refractivity contribution < 1.29 is 0 Å². The Morgan fingerprint density at radius 2 is 0.656 bits per heavy atom. The Balaban J connectivity index is 0.000000203. The quantitative estimate of drug-likeness (QED) is 0.413.